The van der Waals surface area contributed by atoms with Crippen LogP contribution in [0.1, 0.15) is 42.5 Å². The molecular weight excluding hydrogens is 258 g/mol. The van der Waals surface area contributed by atoms with E-state index in [0.717, 1.165) is 18.8 Å². The predicted octanol–water partition coefficient (Wildman–Crippen LogP) is 0.843. The Morgan fingerprint density at radius 2 is 2.30 bits per heavy atom. The average Bonchev–Trinajstić information content (AvgIpc) is 3.03. The number of aryl methyl sites for hydroxylation is 1. The second-order valence-electron chi connectivity index (χ2n) is 4.90. The van der Waals surface area contributed by atoms with Crippen molar-refractivity contribution in [1.82, 2.24) is 24.8 Å². The van der Waals surface area contributed by atoms with E-state index < -0.39 is 0 Å². The summed E-state index contributed by atoms with van der Waals surface area (Å²) in [6.45, 7) is 5.55. The zero-order chi connectivity index (χ0) is 14.5. The molecule has 0 fully saturated rings. The Morgan fingerprint density at radius 3 is 2.95 bits per heavy atom. The lowest BCUT2D eigenvalue weighted by Gasteiger charge is -2.10. The lowest BCUT2D eigenvalue weighted by Crippen LogP contribution is -2.26. The predicted molar refractivity (Wildman–Crippen MR) is 74.7 cm³/mol. The van der Waals surface area contributed by atoms with Crippen LogP contribution in [0.25, 0.3) is 0 Å². The van der Waals surface area contributed by atoms with E-state index in [4.69, 9.17) is 0 Å². The first-order valence-corrected chi connectivity index (χ1v) is 6.65. The van der Waals surface area contributed by atoms with Crippen molar-refractivity contribution in [3.63, 3.8) is 0 Å². The minimum atomic E-state index is -0.379. The number of carbonyl (C=O) groups is 1. The first kappa shape index (κ1) is 14.1. The molecule has 0 aliphatic rings. The molecule has 0 radical (unpaired) electrons. The van der Waals surface area contributed by atoms with Gasteiger partial charge in [-0.3, -0.25) is 4.79 Å². The summed E-state index contributed by atoms with van der Waals surface area (Å²) < 4.78 is 2.09. The number of nitrogens with one attached hydrogen (secondary N) is 3. The summed E-state index contributed by atoms with van der Waals surface area (Å²) in [6.07, 6.45) is 5.90. The van der Waals surface area contributed by atoms with Crippen molar-refractivity contribution in [2.75, 3.05) is 6.54 Å². The van der Waals surface area contributed by atoms with Crippen LogP contribution in [0.15, 0.2) is 23.4 Å². The summed E-state index contributed by atoms with van der Waals surface area (Å²) in [6, 6.07) is 0. The molecule has 0 aliphatic heterocycles. The molecule has 0 spiro atoms. The molecule has 1 amide bonds. The summed E-state index contributed by atoms with van der Waals surface area (Å²) >= 11 is 0. The van der Waals surface area contributed by atoms with Gasteiger partial charge in [0.15, 0.2) is 0 Å². The summed E-state index contributed by atoms with van der Waals surface area (Å²) in [5.74, 6) is 1.15. The van der Waals surface area contributed by atoms with Gasteiger partial charge >= 0.3 is 5.69 Å². The second kappa shape index (κ2) is 6.23. The molecule has 2 aromatic heterocycles. The van der Waals surface area contributed by atoms with E-state index in [1.54, 1.807) is 6.20 Å². The third-order valence-corrected chi connectivity index (χ3v) is 2.97. The lowest BCUT2D eigenvalue weighted by molar-refractivity contribution is 0.0948. The van der Waals surface area contributed by atoms with Gasteiger partial charge in [-0.2, -0.15) is 0 Å². The Labute approximate surface area is 116 Å². The minimum Gasteiger partial charge on any atom is -0.351 e. The van der Waals surface area contributed by atoms with E-state index in [1.807, 2.05) is 6.20 Å². The maximum atomic E-state index is 11.7. The summed E-state index contributed by atoms with van der Waals surface area (Å²) in [4.78, 5) is 31.7. The molecule has 0 bridgehead atoms. The van der Waals surface area contributed by atoms with Crippen LogP contribution in [-0.4, -0.2) is 32.0 Å². The molecule has 2 aromatic rings. The number of aromatic amines is 2. The highest BCUT2D eigenvalue weighted by Gasteiger charge is 2.08. The molecule has 108 valence electrons. The maximum Gasteiger partial charge on any atom is 0.323 e. The zero-order valence-corrected chi connectivity index (χ0v) is 11.6. The number of amides is 1. The van der Waals surface area contributed by atoms with Crippen molar-refractivity contribution in [2.45, 2.75) is 32.7 Å². The fourth-order valence-electron chi connectivity index (χ4n) is 2.01. The summed E-state index contributed by atoms with van der Waals surface area (Å²) in [5.41, 5.74) is -0.129. The van der Waals surface area contributed by atoms with Crippen LogP contribution in [0.4, 0.5) is 0 Å². The van der Waals surface area contributed by atoms with Gasteiger partial charge in [-0.15, -0.1) is 0 Å². The summed E-state index contributed by atoms with van der Waals surface area (Å²) in [7, 11) is 0. The van der Waals surface area contributed by atoms with E-state index in [-0.39, 0.29) is 17.3 Å². The quantitative estimate of drug-likeness (QED) is 0.683. The van der Waals surface area contributed by atoms with E-state index in [0.29, 0.717) is 12.5 Å². The van der Waals surface area contributed by atoms with Crippen LogP contribution in [0.5, 0.6) is 0 Å². The minimum absolute atomic E-state index is 0.250. The first-order chi connectivity index (χ1) is 9.58. The second-order valence-corrected chi connectivity index (χ2v) is 4.90. The number of carbonyl (C=O) groups excluding carboxylic acids is 1. The molecule has 0 aromatic carbocycles. The average molecular weight is 277 g/mol. The molecular formula is C13H19N5O2. The van der Waals surface area contributed by atoms with Gasteiger partial charge in [0.1, 0.15) is 11.5 Å². The fourth-order valence-corrected chi connectivity index (χ4v) is 2.01. The molecule has 3 N–H and O–H groups in total. The van der Waals surface area contributed by atoms with Gasteiger partial charge in [0.2, 0.25) is 0 Å². The van der Waals surface area contributed by atoms with Crippen molar-refractivity contribution in [2.24, 2.45) is 0 Å². The Kier molecular flexibility index (Phi) is 4.39. The largest absolute Gasteiger partial charge is 0.351 e. The van der Waals surface area contributed by atoms with E-state index >= 15 is 0 Å². The number of rotatable bonds is 6. The molecule has 0 aliphatic carbocycles. The van der Waals surface area contributed by atoms with Gasteiger partial charge in [0, 0.05) is 37.6 Å². The fraction of sp³-hybridized carbons (Fsp3) is 0.462. The lowest BCUT2D eigenvalue weighted by atomic mass is 10.2. The number of aromatic nitrogens is 4. The van der Waals surface area contributed by atoms with Crippen molar-refractivity contribution in [3.8, 4) is 0 Å². The molecule has 0 atom stereocenters. The van der Waals surface area contributed by atoms with Gasteiger partial charge < -0.3 is 19.9 Å². The monoisotopic (exact) mass is 277 g/mol. The Balaban J connectivity index is 1.78. The first-order valence-electron chi connectivity index (χ1n) is 6.65. The van der Waals surface area contributed by atoms with Gasteiger partial charge in [0.05, 0.1) is 0 Å². The number of hydrogen-bond acceptors (Lipinski definition) is 3. The van der Waals surface area contributed by atoms with E-state index in [2.05, 4.69) is 38.7 Å². The van der Waals surface area contributed by atoms with E-state index in [9.17, 15) is 9.59 Å². The normalized spacial score (nSPS) is 10.9. The van der Waals surface area contributed by atoms with Gasteiger partial charge in [0.25, 0.3) is 5.91 Å². The van der Waals surface area contributed by atoms with Crippen LogP contribution in [0.2, 0.25) is 0 Å². The Hall–Kier alpha value is -2.31. The highest BCUT2D eigenvalue weighted by atomic mass is 16.2. The van der Waals surface area contributed by atoms with Gasteiger partial charge in [-0.05, 0) is 6.42 Å². The van der Waals surface area contributed by atoms with Crippen LogP contribution in [0.3, 0.4) is 0 Å². The summed E-state index contributed by atoms with van der Waals surface area (Å²) in [5, 5.41) is 2.76. The molecule has 20 heavy (non-hydrogen) atoms. The van der Waals surface area contributed by atoms with Crippen LogP contribution in [0, 0.1) is 0 Å². The maximum absolute atomic E-state index is 11.7. The van der Waals surface area contributed by atoms with Crippen LogP contribution >= 0.6 is 0 Å². The van der Waals surface area contributed by atoms with Crippen molar-refractivity contribution in [1.29, 1.82) is 0 Å². The van der Waals surface area contributed by atoms with Gasteiger partial charge in [-0.1, -0.05) is 13.8 Å². The number of H-pyrrole nitrogens is 2. The molecule has 7 heteroatoms. The standard InChI is InChI=1S/C13H19N5O2/c1-9(2)11-14-5-7-18(11)6-3-4-15-12(19)10-8-16-13(20)17-10/h5,7-9H,3-4,6H2,1-2H3,(H,15,19)(H2,16,17,20). The smallest absolute Gasteiger partial charge is 0.323 e. The number of nitrogens with zero attached hydrogens (tertiary/aromatic N) is 2. The van der Waals surface area contributed by atoms with Crippen molar-refractivity contribution < 1.29 is 4.79 Å². The van der Waals surface area contributed by atoms with E-state index in [1.165, 1.54) is 6.20 Å². The third kappa shape index (κ3) is 3.37. The van der Waals surface area contributed by atoms with Crippen LogP contribution in [-0.2, 0) is 6.54 Å². The molecule has 2 heterocycles. The molecule has 0 unspecified atom stereocenters. The van der Waals surface area contributed by atoms with Crippen molar-refractivity contribution in [3.05, 3.63) is 40.6 Å². The third-order valence-electron chi connectivity index (χ3n) is 2.97. The molecule has 7 nitrogen and oxygen atoms in total. The Bertz CT molecular complexity index is 622. The highest BCUT2D eigenvalue weighted by molar-refractivity contribution is 5.91. The SMILES string of the molecule is CC(C)c1nccn1CCCNC(=O)c1c[nH]c(=O)[nH]1. The van der Waals surface area contributed by atoms with Gasteiger partial charge in [-0.25, -0.2) is 9.78 Å². The Morgan fingerprint density at radius 1 is 1.50 bits per heavy atom. The zero-order valence-electron chi connectivity index (χ0n) is 11.6. The topological polar surface area (TPSA) is 95.6 Å². The highest BCUT2D eigenvalue weighted by Crippen LogP contribution is 2.11. The number of imidazole rings is 2. The van der Waals surface area contributed by atoms with Crippen molar-refractivity contribution >= 4 is 5.91 Å². The number of hydrogen-bond donors (Lipinski definition) is 3. The molecule has 0 saturated carbocycles. The molecule has 0 saturated heterocycles. The van der Waals surface area contributed by atoms with Crippen LogP contribution < -0.4 is 11.0 Å². The molecule has 2 rings (SSSR count).